The SMILES string of the molecule is CC(C)(C)OC(=O)NCCNCCCN(O)C(=O)OC(C)(C)C. The van der Waals surface area contributed by atoms with Gasteiger partial charge in [0.05, 0.1) is 6.54 Å². The standard InChI is InChI=1S/C15H31N3O5/c1-14(2,3)22-12(19)17-10-9-16-8-7-11-18(21)13(20)23-15(4,5)6/h16,21H,7-11H2,1-6H3,(H,17,19). The summed E-state index contributed by atoms with van der Waals surface area (Å²) in [5.41, 5.74) is -1.15. The maximum absolute atomic E-state index is 11.5. The van der Waals surface area contributed by atoms with Crippen molar-refractivity contribution >= 4 is 12.2 Å². The number of rotatable bonds is 7. The van der Waals surface area contributed by atoms with E-state index in [-0.39, 0.29) is 6.54 Å². The second-order valence-corrected chi connectivity index (χ2v) is 7.14. The predicted molar refractivity (Wildman–Crippen MR) is 86.4 cm³/mol. The van der Waals surface area contributed by atoms with E-state index >= 15 is 0 Å². The molecule has 0 atom stereocenters. The van der Waals surface area contributed by atoms with E-state index in [9.17, 15) is 14.8 Å². The molecule has 0 radical (unpaired) electrons. The first-order valence-electron chi connectivity index (χ1n) is 7.78. The van der Waals surface area contributed by atoms with Crippen molar-refractivity contribution in [3.05, 3.63) is 0 Å². The number of ether oxygens (including phenoxy) is 2. The van der Waals surface area contributed by atoms with Gasteiger partial charge in [0, 0.05) is 13.1 Å². The number of nitrogens with zero attached hydrogens (tertiary/aromatic N) is 1. The first-order chi connectivity index (χ1) is 10.4. The zero-order chi connectivity index (χ0) is 18.1. The van der Waals surface area contributed by atoms with Crippen LogP contribution in [0.1, 0.15) is 48.0 Å². The molecule has 0 spiro atoms. The Bertz CT molecular complexity index is 374. The summed E-state index contributed by atoms with van der Waals surface area (Å²) in [4.78, 5) is 22.9. The van der Waals surface area contributed by atoms with E-state index in [0.29, 0.717) is 31.1 Å². The quantitative estimate of drug-likeness (QED) is 0.375. The zero-order valence-corrected chi connectivity index (χ0v) is 15.1. The fourth-order valence-electron chi connectivity index (χ4n) is 1.45. The second-order valence-electron chi connectivity index (χ2n) is 7.14. The van der Waals surface area contributed by atoms with Crippen LogP contribution in [0, 0.1) is 0 Å². The van der Waals surface area contributed by atoms with Crippen LogP contribution in [0.2, 0.25) is 0 Å². The van der Waals surface area contributed by atoms with Crippen molar-refractivity contribution in [2.75, 3.05) is 26.2 Å². The van der Waals surface area contributed by atoms with E-state index in [1.54, 1.807) is 41.5 Å². The molecule has 0 aromatic carbocycles. The summed E-state index contributed by atoms with van der Waals surface area (Å²) in [7, 11) is 0. The van der Waals surface area contributed by atoms with E-state index in [1.165, 1.54) is 0 Å². The molecule has 0 aliphatic rings. The van der Waals surface area contributed by atoms with Gasteiger partial charge in [-0.3, -0.25) is 5.21 Å². The molecule has 0 fully saturated rings. The topological polar surface area (TPSA) is 100 Å². The first-order valence-corrected chi connectivity index (χ1v) is 7.78. The third-order valence-corrected chi connectivity index (χ3v) is 2.30. The fraction of sp³-hybridized carbons (Fsp3) is 0.867. The highest BCUT2D eigenvalue weighted by atomic mass is 16.6. The van der Waals surface area contributed by atoms with Crippen LogP contribution in [-0.2, 0) is 9.47 Å². The number of amides is 2. The van der Waals surface area contributed by atoms with Crippen LogP contribution in [0.25, 0.3) is 0 Å². The molecule has 0 unspecified atom stereocenters. The second kappa shape index (κ2) is 9.57. The Morgan fingerprint density at radius 3 is 2.04 bits per heavy atom. The molecule has 0 aliphatic carbocycles. The molecule has 0 bridgehead atoms. The molecule has 136 valence electrons. The average molecular weight is 333 g/mol. The monoisotopic (exact) mass is 333 g/mol. The Morgan fingerprint density at radius 1 is 0.957 bits per heavy atom. The lowest BCUT2D eigenvalue weighted by atomic mass is 10.2. The largest absolute Gasteiger partial charge is 0.444 e. The highest BCUT2D eigenvalue weighted by molar-refractivity contribution is 5.67. The Kier molecular flexibility index (Phi) is 8.93. The number of hydrogen-bond acceptors (Lipinski definition) is 6. The Labute approximate surface area is 138 Å². The van der Waals surface area contributed by atoms with Crippen molar-refractivity contribution in [2.24, 2.45) is 0 Å². The number of nitrogens with one attached hydrogen (secondary N) is 2. The van der Waals surface area contributed by atoms with Crippen molar-refractivity contribution in [2.45, 2.75) is 59.2 Å². The van der Waals surface area contributed by atoms with E-state index in [2.05, 4.69) is 10.6 Å². The lowest BCUT2D eigenvalue weighted by Gasteiger charge is -2.23. The molecular weight excluding hydrogens is 302 g/mol. The molecule has 0 rings (SSSR count). The van der Waals surface area contributed by atoms with Gasteiger partial charge in [-0.15, -0.1) is 0 Å². The van der Waals surface area contributed by atoms with Crippen molar-refractivity contribution in [1.82, 2.24) is 15.7 Å². The van der Waals surface area contributed by atoms with Gasteiger partial charge >= 0.3 is 12.2 Å². The summed E-state index contributed by atoms with van der Waals surface area (Å²) in [6.07, 6.45) is -0.655. The molecule has 0 saturated carbocycles. The van der Waals surface area contributed by atoms with Gasteiger partial charge in [0.25, 0.3) is 0 Å². The third-order valence-electron chi connectivity index (χ3n) is 2.30. The molecule has 23 heavy (non-hydrogen) atoms. The number of hydrogen-bond donors (Lipinski definition) is 3. The molecule has 0 aromatic heterocycles. The van der Waals surface area contributed by atoms with Crippen LogP contribution in [0.5, 0.6) is 0 Å². The molecule has 0 heterocycles. The summed E-state index contributed by atoms with van der Waals surface area (Å²) >= 11 is 0. The molecule has 8 nitrogen and oxygen atoms in total. The Morgan fingerprint density at radius 2 is 1.52 bits per heavy atom. The fourth-order valence-corrected chi connectivity index (χ4v) is 1.45. The normalized spacial score (nSPS) is 11.8. The highest BCUT2D eigenvalue weighted by Crippen LogP contribution is 2.09. The summed E-state index contributed by atoms with van der Waals surface area (Å²) < 4.78 is 10.1. The number of carbonyl (C=O) groups excluding carboxylic acids is 2. The molecule has 8 heteroatoms. The van der Waals surface area contributed by atoms with Crippen molar-refractivity contribution in [3.63, 3.8) is 0 Å². The highest BCUT2D eigenvalue weighted by Gasteiger charge is 2.20. The van der Waals surface area contributed by atoms with Crippen molar-refractivity contribution in [3.8, 4) is 0 Å². The third kappa shape index (κ3) is 13.8. The molecule has 3 N–H and O–H groups in total. The van der Waals surface area contributed by atoms with Crippen LogP contribution < -0.4 is 10.6 Å². The minimum absolute atomic E-state index is 0.168. The molecule has 0 aromatic rings. The first kappa shape index (κ1) is 21.5. The number of alkyl carbamates (subject to hydrolysis) is 1. The Balaban J connectivity index is 3.63. The minimum atomic E-state index is -0.760. The van der Waals surface area contributed by atoms with Crippen LogP contribution in [0.4, 0.5) is 9.59 Å². The van der Waals surface area contributed by atoms with Gasteiger partial charge in [-0.05, 0) is 54.5 Å². The van der Waals surface area contributed by atoms with Crippen LogP contribution in [0.15, 0.2) is 0 Å². The van der Waals surface area contributed by atoms with Crippen LogP contribution >= 0.6 is 0 Å². The van der Waals surface area contributed by atoms with Crippen molar-refractivity contribution in [1.29, 1.82) is 0 Å². The van der Waals surface area contributed by atoms with E-state index in [0.717, 1.165) is 0 Å². The molecule has 0 saturated heterocycles. The smallest absolute Gasteiger partial charge is 0.434 e. The molecule has 2 amide bonds. The lowest BCUT2D eigenvalue weighted by Crippen LogP contribution is -2.38. The van der Waals surface area contributed by atoms with Gasteiger partial charge in [-0.25, -0.2) is 9.59 Å². The van der Waals surface area contributed by atoms with E-state index in [4.69, 9.17) is 9.47 Å². The van der Waals surface area contributed by atoms with Gasteiger partial charge in [-0.2, -0.15) is 5.06 Å². The number of hydroxylamine groups is 2. The van der Waals surface area contributed by atoms with Gasteiger partial charge in [0.1, 0.15) is 11.2 Å². The minimum Gasteiger partial charge on any atom is -0.444 e. The van der Waals surface area contributed by atoms with Gasteiger partial charge in [-0.1, -0.05) is 0 Å². The van der Waals surface area contributed by atoms with Crippen LogP contribution in [0.3, 0.4) is 0 Å². The zero-order valence-electron chi connectivity index (χ0n) is 15.1. The summed E-state index contributed by atoms with van der Waals surface area (Å²) in [6, 6.07) is 0. The predicted octanol–water partition coefficient (Wildman–Crippen LogP) is 2.12. The maximum Gasteiger partial charge on any atom is 0.434 e. The van der Waals surface area contributed by atoms with Gasteiger partial charge in [0.15, 0.2) is 0 Å². The molecule has 0 aliphatic heterocycles. The van der Waals surface area contributed by atoms with Crippen LogP contribution in [-0.4, -0.2) is 59.8 Å². The summed E-state index contributed by atoms with van der Waals surface area (Å²) in [5, 5.41) is 15.8. The molecular formula is C15H31N3O5. The Hall–Kier alpha value is -1.54. The van der Waals surface area contributed by atoms with Gasteiger partial charge in [0.2, 0.25) is 0 Å². The summed E-state index contributed by atoms with van der Waals surface area (Å²) in [6.45, 7) is 12.4. The maximum atomic E-state index is 11.5. The van der Waals surface area contributed by atoms with E-state index < -0.39 is 23.4 Å². The van der Waals surface area contributed by atoms with Crippen molar-refractivity contribution < 1.29 is 24.3 Å². The summed E-state index contributed by atoms with van der Waals surface area (Å²) in [5.74, 6) is 0. The van der Waals surface area contributed by atoms with Gasteiger partial charge < -0.3 is 20.1 Å². The van der Waals surface area contributed by atoms with E-state index in [1.807, 2.05) is 0 Å². The number of carbonyl (C=O) groups is 2. The average Bonchev–Trinajstić information content (AvgIpc) is 2.33. The lowest BCUT2D eigenvalue weighted by molar-refractivity contribution is -0.0940.